The number of benzene rings is 2. The molecule has 0 aromatic heterocycles. The molecule has 4 nitrogen and oxygen atoms in total. The fraction of sp³-hybridized carbons (Fsp3) is 0.273. The molecule has 0 amide bonds. The van der Waals surface area contributed by atoms with Gasteiger partial charge in [0.2, 0.25) is 0 Å². The Morgan fingerprint density at radius 2 is 1.89 bits per heavy atom. The second-order valence-corrected chi connectivity index (χ2v) is 8.32. The molecule has 28 heavy (non-hydrogen) atoms. The van der Waals surface area contributed by atoms with E-state index in [0.717, 1.165) is 0 Å². The van der Waals surface area contributed by atoms with E-state index >= 15 is 0 Å². The van der Waals surface area contributed by atoms with Gasteiger partial charge >= 0.3 is 5.97 Å². The largest absolute Gasteiger partial charge is 0.481 e. The monoisotopic (exact) mass is 415 g/mol. The van der Waals surface area contributed by atoms with Gasteiger partial charge in [0.15, 0.2) is 0 Å². The molecule has 1 saturated carbocycles. The molecule has 6 heteroatoms. The van der Waals surface area contributed by atoms with Crippen LogP contribution in [0.3, 0.4) is 0 Å². The summed E-state index contributed by atoms with van der Waals surface area (Å²) in [6.07, 6.45) is 1.63. The Hall–Kier alpha value is -2.48. The number of aliphatic carboxylic acids is 1. The SMILES string of the molecule is CC1(C)[C@@H](C=C(Cl)Cl)[C@]1(C(=O)O)c1c(CC#N)cccc1Oc1ccccc1. The molecule has 2 aromatic carbocycles. The van der Waals surface area contributed by atoms with Gasteiger partial charge in [-0.25, -0.2) is 0 Å². The molecule has 0 aliphatic heterocycles. The highest BCUT2D eigenvalue weighted by atomic mass is 35.5. The Bertz CT molecular complexity index is 975. The van der Waals surface area contributed by atoms with Crippen molar-refractivity contribution in [3.05, 3.63) is 70.2 Å². The fourth-order valence-corrected chi connectivity index (χ4v) is 4.47. The first-order chi connectivity index (χ1) is 13.3. The standard InChI is InChI=1S/C22H19Cl2NO3/c1-21(2)17(13-18(23)24)22(21,20(26)27)19-14(11-12-25)7-6-10-16(19)28-15-8-4-3-5-9-15/h3-10,13,17H,11H2,1-2H3,(H,26,27)/t17-,22-/m1/s1. The van der Waals surface area contributed by atoms with Crippen LogP contribution in [0.15, 0.2) is 59.1 Å². The van der Waals surface area contributed by atoms with Crippen molar-refractivity contribution in [1.29, 1.82) is 5.26 Å². The van der Waals surface area contributed by atoms with Crippen molar-refractivity contribution >= 4 is 29.2 Å². The maximum Gasteiger partial charge on any atom is 0.315 e. The number of hydrogen-bond donors (Lipinski definition) is 1. The predicted octanol–water partition coefficient (Wildman–Crippen LogP) is 5.84. The number of nitriles is 1. The summed E-state index contributed by atoms with van der Waals surface area (Å²) < 4.78 is 6.08. The van der Waals surface area contributed by atoms with Crippen LogP contribution in [-0.2, 0) is 16.6 Å². The molecule has 0 spiro atoms. The molecule has 1 N–H and O–H groups in total. The lowest BCUT2D eigenvalue weighted by Crippen LogP contribution is -2.28. The van der Waals surface area contributed by atoms with Crippen molar-refractivity contribution in [1.82, 2.24) is 0 Å². The van der Waals surface area contributed by atoms with E-state index in [1.807, 2.05) is 32.0 Å². The lowest BCUT2D eigenvalue weighted by atomic mass is 9.83. The first-order valence-corrected chi connectivity index (χ1v) is 9.50. The summed E-state index contributed by atoms with van der Waals surface area (Å²) >= 11 is 11.8. The highest BCUT2D eigenvalue weighted by molar-refractivity contribution is 6.55. The lowest BCUT2D eigenvalue weighted by molar-refractivity contribution is -0.141. The van der Waals surface area contributed by atoms with Gasteiger partial charge in [-0.05, 0) is 35.3 Å². The maximum atomic E-state index is 12.6. The summed E-state index contributed by atoms with van der Waals surface area (Å²) in [5.41, 5.74) is -0.866. The van der Waals surface area contributed by atoms with Crippen LogP contribution in [0.2, 0.25) is 0 Å². The van der Waals surface area contributed by atoms with Crippen LogP contribution in [-0.4, -0.2) is 11.1 Å². The zero-order chi connectivity index (χ0) is 20.5. The van der Waals surface area contributed by atoms with Gasteiger partial charge in [0.1, 0.15) is 21.4 Å². The summed E-state index contributed by atoms with van der Waals surface area (Å²) in [6, 6.07) is 16.5. The molecule has 1 aliphatic rings. The Morgan fingerprint density at radius 1 is 1.21 bits per heavy atom. The van der Waals surface area contributed by atoms with E-state index in [4.69, 9.17) is 27.9 Å². The van der Waals surface area contributed by atoms with E-state index in [9.17, 15) is 15.2 Å². The molecule has 144 valence electrons. The second kappa shape index (κ2) is 7.50. The van der Waals surface area contributed by atoms with Crippen LogP contribution in [0.25, 0.3) is 0 Å². The molecule has 1 fully saturated rings. The van der Waals surface area contributed by atoms with Crippen LogP contribution < -0.4 is 4.74 Å². The summed E-state index contributed by atoms with van der Waals surface area (Å²) in [6.45, 7) is 3.71. The lowest BCUT2D eigenvalue weighted by Gasteiger charge is -2.23. The van der Waals surface area contributed by atoms with Crippen molar-refractivity contribution in [3.63, 3.8) is 0 Å². The smallest absolute Gasteiger partial charge is 0.315 e. The summed E-state index contributed by atoms with van der Waals surface area (Å²) in [5, 5.41) is 19.6. The molecule has 0 bridgehead atoms. The predicted molar refractivity (Wildman–Crippen MR) is 109 cm³/mol. The average Bonchev–Trinajstić information content (AvgIpc) is 3.11. The number of rotatable bonds is 6. The van der Waals surface area contributed by atoms with Gasteiger partial charge in [0.25, 0.3) is 0 Å². The third-order valence-corrected chi connectivity index (χ3v) is 5.81. The maximum absolute atomic E-state index is 12.6. The summed E-state index contributed by atoms with van der Waals surface area (Å²) in [4.78, 5) is 12.6. The van der Waals surface area contributed by atoms with E-state index in [1.165, 1.54) is 0 Å². The third kappa shape index (κ3) is 3.15. The molecule has 0 heterocycles. The van der Waals surface area contributed by atoms with Crippen molar-refractivity contribution in [2.24, 2.45) is 11.3 Å². The summed E-state index contributed by atoms with van der Waals surface area (Å²) in [7, 11) is 0. The molecule has 0 saturated heterocycles. The number of hydrogen-bond acceptors (Lipinski definition) is 3. The highest BCUT2D eigenvalue weighted by Crippen LogP contribution is 2.72. The summed E-state index contributed by atoms with van der Waals surface area (Å²) in [5.74, 6) is -0.451. The number of para-hydroxylation sites is 1. The minimum absolute atomic E-state index is 0.0180. The van der Waals surface area contributed by atoms with Gasteiger partial charge < -0.3 is 9.84 Å². The zero-order valence-corrected chi connectivity index (χ0v) is 17.0. The van der Waals surface area contributed by atoms with Crippen LogP contribution in [0.1, 0.15) is 25.0 Å². The second-order valence-electron chi connectivity index (χ2n) is 7.31. The number of carbonyl (C=O) groups is 1. The number of carboxylic acids is 1. The van der Waals surface area contributed by atoms with Gasteiger partial charge in [0.05, 0.1) is 12.5 Å². The minimum Gasteiger partial charge on any atom is -0.481 e. The average molecular weight is 416 g/mol. The van der Waals surface area contributed by atoms with Crippen molar-refractivity contribution < 1.29 is 14.6 Å². The Kier molecular flexibility index (Phi) is 5.43. The van der Waals surface area contributed by atoms with E-state index in [-0.39, 0.29) is 10.9 Å². The van der Waals surface area contributed by atoms with Crippen LogP contribution >= 0.6 is 23.2 Å². The number of carboxylic acid groups (broad SMARTS) is 1. The molecule has 3 rings (SSSR count). The molecular formula is C22H19Cl2NO3. The zero-order valence-electron chi connectivity index (χ0n) is 15.4. The Labute approximate surface area is 174 Å². The minimum atomic E-state index is -1.31. The Morgan fingerprint density at radius 3 is 2.46 bits per heavy atom. The van der Waals surface area contributed by atoms with Crippen LogP contribution in [0, 0.1) is 22.7 Å². The van der Waals surface area contributed by atoms with E-state index in [2.05, 4.69) is 6.07 Å². The van der Waals surface area contributed by atoms with E-state index in [0.29, 0.717) is 22.6 Å². The number of nitrogens with zero attached hydrogens (tertiary/aromatic N) is 1. The topological polar surface area (TPSA) is 70.3 Å². The van der Waals surface area contributed by atoms with Crippen LogP contribution in [0.4, 0.5) is 0 Å². The number of allylic oxidation sites excluding steroid dienone is 1. The first-order valence-electron chi connectivity index (χ1n) is 8.75. The van der Waals surface area contributed by atoms with E-state index in [1.54, 1.807) is 36.4 Å². The number of halogens is 2. The quantitative estimate of drug-likeness (QED) is 0.642. The Balaban J connectivity index is 2.25. The third-order valence-electron chi connectivity index (χ3n) is 5.55. The molecule has 2 atom stereocenters. The first kappa shape index (κ1) is 20.3. The van der Waals surface area contributed by atoms with Gasteiger partial charge in [-0.2, -0.15) is 5.26 Å². The van der Waals surface area contributed by atoms with Gasteiger partial charge in [0, 0.05) is 11.5 Å². The van der Waals surface area contributed by atoms with Crippen LogP contribution in [0.5, 0.6) is 11.5 Å². The highest BCUT2D eigenvalue weighted by Gasteiger charge is 2.77. The van der Waals surface area contributed by atoms with Gasteiger partial charge in [-0.1, -0.05) is 67.4 Å². The molecule has 0 unspecified atom stereocenters. The van der Waals surface area contributed by atoms with E-state index < -0.39 is 22.7 Å². The molecule has 1 aliphatic carbocycles. The van der Waals surface area contributed by atoms with Crippen molar-refractivity contribution in [2.75, 3.05) is 0 Å². The molecule has 2 aromatic rings. The van der Waals surface area contributed by atoms with Gasteiger partial charge in [-0.3, -0.25) is 4.79 Å². The van der Waals surface area contributed by atoms with Gasteiger partial charge in [-0.15, -0.1) is 0 Å². The van der Waals surface area contributed by atoms with Crippen molar-refractivity contribution in [2.45, 2.75) is 25.7 Å². The normalized spacial score (nSPS) is 22.0. The fourth-order valence-electron chi connectivity index (χ4n) is 4.21. The molecule has 0 radical (unpaired) electrons. The molecular weight excluding hydrogens is 397 g/mol. The number of ether oxygens (including phenoxy) is 1. The van der Waals surface area contributed by atoms with Crippen molar-refractivity contribution in [3.8, 4) is 17.6 Å².